The van der Waals surface area contributed by atoms with Gasteiger partial charge in [0.1, 0.15) is 12.9 Å². The van der Waals surface area contributed by atoms with E-state index in [9.17, 15) is 9.90 Å². The van der Waals surface area contributed by atoms with E-state index in [1.807, 2.05) is 12.1 Å². The molecule has 0 radical (unpaired) electrons. The minimum atomic E-state index is -0.843. The number of ether oxygens (including phenoxy) is 1. The summed E-state index contributed by atoms with van der Waals surface area (Å²) in [7, 11) is 0. The van der Waals surface area contributed by atoms with E-state index >= 15 is 0 Å². The molecule has 128 valence electrons. The molecule has 0 unspecified atom stereocenters. The number of carbonyl (C=O) groups excluding carboxylic acids is 1. The predicted molar refractivity (Wildman–Crippen MR) is 90.6 cm³/mol. The molecule has 0 aliphatic heterocycles. The Morgan fingerprint density at radius 1 is 1.29 bits per heavy atom. The first-order valence-electron chi connectivity index (χ1n) is 7.86. The third-order valence-corrected chi connectivity index (χ3v) is 3.51. The van der Waals surface area contributed by atoms with Crippen LogP contribution in [0.4, 0.5) is 0 Å². The third-order valence-electron chi connectivity index (χ3n) is 3.51. The molecule has 6 nitrogen and oxygen atoms in total. The first kappa shape index (κ1) is 18.0. The van der Waals surface area contributed by atoms with Crippen LogP contribution in [0.3, 0.4) is 0 Å². The van der Waals surface area contributed by atoms with Crippen molar-refractivity contribution >= 4 is 5.78 Å². The maximum Gasteiger partial charge on any atom is 0.216 e. The van der Waals surface area contributed by atoms with E-state index in [-0.39, 0.29) is 5.78 Å². The monoisotopic (exact) mass is 329 g/mol. The van der Waals surface area contributed by atoms with Gasteiger partial charge in [0.25, 0.3) is 0 Å². The lowest BCUT2D eigenvalue weighted by Gasteiger charge is -2.16. The second-order valence-electron chi connectivity index (χ2n) is 6.28. The molecule has 0 atom stereocenters. The highest BCUT2D eigenvalue weighted by atomic mass is 16.5. The van der Waals surface area contributed by atoms with Gasteiger partial charge in [-0.1, -0.05) is 18.2 Å². The molecule has 0 bridgehead atoms. The second-order valence-corrected chi connectivity index (χ2v) is 6.28. The number of Topliss-reactive ketones (excluding diaryl/α,β-unsaturated/α-hetero) is 1. The molecule has 0 saturated carbocycles. The van der Waals surface area contributed by atoms with Crippen molar-refractivity contribution in [3.63, 3.8) is 0 Å². The Balaban J connectivity index is 1.98. The Labute approximate surface area is 141 Å². The largest absolute Gasteiger partial charge is 0.473 e. The molecule has 3 N–H and O–H groups in total. The SMILES string of the molecule is CC(C)(O)CCC(=O)c1cccc(COc2cc(CN)ncn2)c1. The Morgan fingerprint density at radius 3 is 2.79 bits per heavy atom. The normalized spacial score (nSPS) is 11.3. The fourth-order valence-electron chi connectivity index (χ4n) is 2.12. The average molecular weight is 329 g/mol. The van der Waals surface area contributed by atoms with Crippen LogP contribution in [-0.4, -0.2) is 26.5 Å². The number of hydrogen-bond acceptors (Lipinski definition) is 6. The van der Waals surface area contributed by atoms with Crippen molar-refractivity contribution in [1.82, 2.24) is 9.97 Å². The fourth-order valence-corrected chi connectivity index (χ4v) is 2.12. The molecule has 2 rings (SSSR count). The zero-order valence-electron chi connectivity index (χ0n) is 14.0. The molecular formula is C18H23N3O3. The van der Waals surface area contributed by atoms with Crippen LogP contribution in [0, 0.1) is 0 Å². The van der Waals surface area contributed by atoms with Gasteiger partial charge in [0.05, 0.1) is 11.3 Å². The van der Waals surface area contributed by atoms with Crippen LogP contribution in [0.15, 0.2) is 36.7 Å². The minimum absolute atomic E-state index is 0.00595. The van der Waals surface area contributed by atoms with Gasteiger partial charge in [0.2, 0.25) is 5.88 Å². The van der Waals surface area contributed by atoms with Crippen molar-refractivity contribution in [3.8, 4) is 5.88 Å². The van der Waals surface area contributed by atoms with Crippen LogP contribution in [0.2, 0.25) is 0 Å². The summed E-state index contributed by atoms with van der Waals surface area (Å²) in [6.07, 6.45) is 2.14. The molecule has 1 heterocycles. The third kappa shape index (κ3) is 5.72. The summed E-state index contributed by atoms with van der Waals surface area (Å²) in [5, 5.41) is 9.73. The average Bonchev–Trinajstić information content (AvgIpc) is 2.57. The molecule has 0 fully saturated rings. The number of aromatic nitrogens is 2. The predicted octanol–water partition coefficient (Wildman–Crippen LogP) is 2.25. The standard InChI is InChI=1S/C18H23N3O3/c1-18(2,23)7-6-16(22)14-5-3-4-13(8-14)11-24-17-9-15(10-19)20-12-21-17/h3-5,8-9,12,23H,6-7,10-11,19H2,1-2H3. The first-order chi connectivity index (χ1) is 11.4. The van der Waals surface area contributed by atoms with E-state index in [2.05, 4.69) is 9.97 Å². The summed E-state index contributed by atoms with van der Waals surface area (Å²) < 4.78 is 5.63. The molecular weight excluding hydrogens is 306 g/mol. The minimum Gasteiger partial charge on any atom is -0.473 e. The molecule has 6 heteroatoms. The highest BCUT2D eigenvalue weighted by molar-refractivity contribution is 5.96. The zero-order chi connectivity index (χ0) is 17.6. The van der Waals surface area contributed by atoms with Crippen LogP contribution in [-0.2, 0) is 13.2 Å². The molecule has 1 aromatic heterocycles. The number of nitrogens with two attached hydrogens (primary N) is 1. The molecule has 1 aromatic carbocycles. The van der Waals surface area contributed by atoms with Crippen LogP contribution < -0.4 is 10.5 Å². The number of benzene rings is 1. The summed E-state index contributed by atoms with van der Waals surface area (Å²) >= 11 is 0. The summed E-state index contributed by atoms with van der Waals surface area (Å²) in [5.74, 6) is 0.454. The maximum absolute atomic E-state index is 12.2. The summed E-state index contributed by atoms with van der Waals surface area (Å²) in [6, 6.07) is 8.97. The summed E-state index contributed by atoms with van der Waals surface area (Å²) in [5.41, 5.74) is 6.89. The van der Waals surface area contributed by atoms with Gasteiger partial charge in [-0.25, -0.2) is 9.97 Å². The molecule has 0 aliphatic carbocycles. The topological polar surface area (TPSA) is 98.3 Å². The Kier molecular flexibility index (Phi) is 6.00. The quantitative estimate of drug-likeness (QED) is 0.721. The van der Waals surface area contributed by atoms with Crippen molar-refractivity contribution in [3.05, 3.63) is 53.5 Å². The van der Waals surface area contributed by atoms with Crippen LogP contribution >= 0.6 is 0 Å². The number of hydrogen-bond donors (Lipinski definition) is 2. The van der Waals surface area contributed by atoms with Crippen molar-refractivity contribution in [2.75, 3.05) is 0 Å². The summed E-state index contributed by atoms with van der Waals surface area (Å²) in [4.78, 5) is 20.3. The van der Waals surface area contributed by atoms with Gasteiger partial charge in [-0.05, 0) is 31.9 Å². The molecule has 0 amide bonds. The maximum atomic E-state index is 12.2. The molecule has 0 saturated heterocycles. The number of rotatable bonds is 8. The van der Waals surface area contributed by atoms with Crippen molar-refractivity contribution in [2.24, 2.45) is 5.73 Å². The first-order valence-corrected chi connectivity index (χ1v) is 7.86. The lowest BCUT2D eigenvalue weighted by atomic mass is 9.97. The van der Waals surface area contributed by atoms with Gasteiger partial charge in [-0.3, -0.25) is 4.79 Å². The van der Waals surface area contributed by atoms with E-state index in [0.717, 1.165) is 5.56 Å². The lowest BCUT2D eigenvalue weighted by molar-refractivity contribution is 0.0633. The van der Waals surface area contributed by atoms with Crippen molar-refractivity contribution in [2.45, 2.75) is 45.4 Å². The number of ketones is 1. The van der Waals surface area contributed by atoms with E-state index in [1.165, 1.54) is 6.33 Å². The smallest absolute Gasteiger partial charge is 0.216 e. The van der Waals surface area contributed by atoms with E-state index < -0.39 is 5.60 Å². The fraction of sp³-hybridized carbons (Fsp3) is 0.389. The molecule has 2 aromatic rings. The van der Waals surface area contributed by atoms with Gasteiger partial charge in [-0.15, -0.1) is 0 Å². The molecule has 0 aliphatic rings. The molecule has 0 spiro atoms. The molecule has 24 heavy (non-hydrogen) atoms. The zero-order valence-corrected chi connectivity index (χ0v) is 14.0. The van der Waals surface area contributed by atoms with Gasteiger partial charge in [-0.2, -0.15) is 0 Å². The highest BCUT2D eigenvalue weighted by Crippen LogP contribution is 2.16. The van der Waals surface area contributed by atoms with Crippen molar-refractivity contribution < 1.29 is 14.6 Å². The second kappa shape index (κ2) is 7.99. The number of nitrogens with zero attached hydrogens (tertiary/aromatic N) is 2. The Bertz CT molecular complexity index is 696. The van der Waals surface area contributed by atoms with Crippen LogP contribution in [0.25, 0.3) is 0 Å². The number of carbonyl (C=O) groups is 1. The van der Waals surface area contributed by atoms with E-state index in [0.29, 0.717) is 43.1 Å². The number of aliphatic hydroxyl groups is 1. The summed E-state index contributed by atoms with van der Waals surface area (Å²) in [6.45, 7) is 4.02. The van der Waals surface area contributed by atoms with Crippen molar-refractivity contribution in [1.29, 1.82) is 0 Å². The Morgan fingerprint density at radius 2 is 2.08 bits per heavy atom. The van der Waals surface area contributed by atoms with Gasteiger partial charge < -0.3 is 15.6 Å². The highest BCUT2D eigenvalue weighted by Gasteiger charge is 2.16. The van der Waals surface area contributed by atoms with Crippen LogP contribution in [0.5, 0.6) is 5.88 Å². The van der Waals surface area contributed by atoms with E-state index in [4.69, 9.17) is 10.5 Å². The van der Waals surface area contributed by atoms with Gasteiger partial charge in [0, 0.05) is 24.6 Å². The Hall–Kier alpha value is -2.31. The van der Waals surface area contributed by atoms with Gasteiger partial charge >= 0.3 is 0 Å². The lowest BCUT2D eigenvalue weighted by Crippen LogP contribution is -2.19. The van der Waals surface area contributed by atoms with Gasteiger partial charge in [0.15, 0.2) is 5.78 Å². The van der Waals surface area contributed by atoms with Crippen LogP contribution in [0.1, 0.15) is 48.3 Å². The van der Waals surface area contributed by atoms with E-state index in [1.54, 1.807) is 32.0 Å².